The molecule has 4 aliphatic carbocycles. The standard InChI is InChI=1S/C84H157N3O28S/c1-71(2)8-7-9-72(3)76-12-13-77-75-11-10-73-68-74(14-17-83(73,4)78(75)15-18-84(76,77)5)115-81(89)16-20-91-22-24-93-26-28-95-30-32-97-34-36-99-38-40-101-42-44-103-46-48-105-50-52-107-54-56-109-58-60-111-62-64-113-66-67-114-65-63-112-61-59-110-57-55-108-53-51-106-49-47-104-45-43-102-41-39-100-37-35-98-33-31-96-29-27-94-25-23-92-21-19-87-80(88)70-116-69-79(86-6)82(85)90/h10,71-72,74-79,86H,7-9,11-70H2,1-6H3,(H2,85,90)(H,87,88)/t72-,74+,75?,76-,77?,78?,79+,83+,84-/m1/s1. The van der Waals surface area contributed by atoms with Crippen LogP contribution in [0.2, 0.25) is 0 Å². The summed E-state index contributed by atoms with van der Waals surface area (Å²) in [6.07, 6.45) is 16.7. The number of fused-ring (bicyclic) bond motifs is 5. The number of likely N-dealkylation sites (N-methyl/N-ethyl adjacent to an activating group) is 1. The third kappa shape index (κ3) is 53.5. The number of rotatable bonds is 87. The van der Waals surface area contributed by atoms with Gasteiger partial charge in [-0.3, -0.25) is 14.4 Å². The molecule has 0 aliphatic heterocycles. The fourth-order valence-electron chi connectivity index (χ4n) is 15.2. The number of ether oxygens (including phenoxy) is 25. The number of hydrogen-bond donors (Lipinski definition) is 3. The summed E-state index contributed by atoms with van der Waals surface area (Å²) in [7, 11) is 1.65. The first-order chi connectivity index (χ1) is 56.9. The zero-order valence-electron chi connectivity index (χ0n) is 72.2. The molecule has 0 aromatic heterocycles. The van der Waals surface area contributed by atoms with Gasteiger partial charge in [0.15, 0.2) is 0 Å². The molecule has 3 fully saturated rings. The van der Waals surface area contributed by atoms with E-state index in [0.29, 0.717) is 335 Å². The second-order valence-electron chi connectivity index (χ2n) is 30.2. The molecule has 3 unspecified atom stereocenters. The Balaban J connectivity index is 0.716. The van der Waals surface area contributed by atoms with E-state index in [4.69, 9.17) is 124 Å². The summed E-state index contributed by atoms with van der Waals surface area (Å²) in [5, 5.41) is 5.58. The van der Waals surface area contributed by atoms with Crippen LogP contribution in [0.15, 0.2) is 11.6 Å². The zero-order valence-corrected chi connectivity index (χ0v) is 73.0. The van der Waals surface area contributed by atoms with Gasteiger partial charge in [-0.25, -0.2) is 0 Å². The second-order valence-corrected chi connectivity index (χ2v) is 31.2. The van der Waals surface area contributed by atoms with Crippen LogP contribution in [0.3, 0.4) is 0 Å². The van der Waals surface area contributed by atoms with E-state index < -0.39 is 11.9 Å². The van der Waals surface area contributed by atoms with E-state index in [1.165, 1.54) is 63.1 Å². The van der Waals surface area contributed by atoms with E-state index in [1.807, 2.05) is 0 Å². The highest BCUT2D eigenvalue weighted by Crippen LogP contribution is 2.67. The molecule has 0 aromatic rings. The minimum atomic E-state index is -0.457. The average Bonchev–Trinajstić information content (AvgIpc) is 1.38. The molecule has 9 atom stereocenters. The van der Waals surface area contributed by atoms with Gasteiger partial charge in [-0.05, 0) is 98.3 Å². The number of allylic oxidation sites excluding steroid dienone is 1. The molecule has 0 bridgehead atoms. The normalized spacial score (nSPS) is 20.4. The number of esters is 1. The van der Waals surface area contributed by atoms with Gasteiger partial charge >= 0.3 is 5.97 Å². The fourth-order valence-corrected chi connectivity index (χ4v) is 16.2. The number of thioether (sulfide) groups is 1. The number of nitrogens with two attached hydrogens (primary N) is 1. The van der Waals surface area contributed by atoms with E-state index in [1.54, 1.807) is 12.6 Å². The molecule has 31 nitrogen and oxygen atoms in total. The topological polar surface area (TPSA) is 332 Å². The minimum Gasteiger partial charge on any atom is -0.462 e. The van der Waals surface area contributed by atoms with Gasteiger partial charge in [0.2, 0.25) is 11.8 Å². The number of primary amides is 1. The largest absolute Gasteiger partial charge is 0.462 e. The van der Waals surface area contributed by atoms with Crippen molar-refractivity contribution in [2.75, 3.05) is 342 Å². The lowest BCUT2D eigenvalue weighted by atomic mass is 9.47. The van der Waals surface area contributed by atoms with Crippen molar-refractivity contribution in [3.05, 3.63) is 11.6 Å². The third-order valence-corrected chi connectivity index (χ3v) is 22.4. The van der Waals surface area contributed by atoms with Crippen LogP contribution in [0.5, 0.6) is 0 Å². The average molecular weight is 1690 g/mol. The molecule has 0 saturated heterocycles. The summed E-state index contributed by atoms with van der Waals surface area (Å²) in [4.78, 5) is 35.9. The van der Waals surface area contributed by atoms with Crippen LogP contribution in [-0.2, 0) is 133 Å². The molecule has 4 N–H and O–H groups in total. The Morgan fingerprint density at radius 3 is 1.07 bits per heavy atom. The number of nitrogens with one attached hydrogen (secondary N) is 2. The lowest BCUT2D eigenvalue weighted by molar-refractivity contribution is -0.153. The van der Waals surface area contributed by atoms with Crippen molar-refractivity contribution >= 4 is 29.5 Å². The van der Waals surface area contributed by atoms with Crippen molar-refractivity contribution < 1.29 is 133 Å². The Bertz CT molecular complexity index is 2320. The Hall–Kier alpha value is -2.50. The first-order valence-corrected chi connectivity index (χ1v) is 44.6. The molecule has 0 aromatic carbocycles. The van der Waals surface area contributed by atoms with Gasteiger partial charge in [0.25, 0.3) is 0 Å². The van der Waals surface area contributed by atoms with Crippen LogP contribution in [0.25, 0.3) is 0 Å². The monoisotopic (exact) mass is 1690 g/mol. The predicted octanol–water partition coefficient (Wildman–Crippen LogP) is 6.65. The Morgan fingerprint density at radius 2 is 0.750 bits per heavy atom. The molecule has 4 aliphatic rings. The maximum atomic E-state index is 12.9. The Labute approximate surface area is 699 Å². The van der Waals surface area contributed by atoms with E-state index in [0.717, 1.165) is 54.8 Å². The summed E-state index contributed by atoms with van der Waals surface area (Å²) < 4.78 is 139. The van der Waals surface area contributed by atoms with Crippen molar-refractivity contribution in [1.29, 1.82) is 0 Å². The number of hydrogen-bond acceptors (Lipinski definition) is 30. The van der Waals surface area contributed by atoms with Gasteiger partial charge in [0, 0.05) is 18.7 Å². The first kappa shape index (κ1) is 106. The third-order valence-electron chi connectivity index (χ3n) is 21.3. The molecular weight excluding hydrogens is 1530 g/mol. The highest BCUT2D eigenvalue weighted by molar-refractivity contribution is 8.00. The molecule has 4 rings (SSSR count). The molecule has 0 radical (unpaired) electrons. The second kappa shape index (κ2) is 74.0. The van der Waals surface area contributed by atoms with Gasteiger partial charge in [-0.15, -0.1) is 11.8 Å². The molecule has 0 spiro atoms. The number of amides is 2. The first-order valence-electron chi connectivity index (χ1n) is 43.4. The smallest absolute Gasteiger partial charge is 0.308 e. The van der Waals surface area contributed by atoms with E-state index >= 15 is 0 Å². The Morgan fingerprint density at radius 1 is 0.422 bits per heavy atom. The van der Waals surface area contributed by atoms with Crippen molar-refractivity contribution in [3.63, 3.8) is 0 Å². The predicted molar refractivity (Wildman–Crippen MR) is 440 cm³/mol. The Kier molecular flexibility index (Phi) is 67.5. The van der Waals surface area contributed by atoms with E-state index in [9.17, 15) is 14.4 Å². The molecule has 682 valence electrons. The lowest BCUT2D eigenvalue weighted by Crippen LogP contribution is -2.51. The lowest BCUT2D eigenvalue weighted by Gasteiger charge is -2.58. The van der Waals surface area contributed by atoms with Crippen LogP contribution in [0, 0.1) is 46.3 Å². The quantitative estimate of drug-likeness (QED) is 0.0326. The van der Waals surface area contributed by atoms with Crippen molar-refractivity contribution in [2.24, 2.45) is 52.1 Å². The fraction of sp³-hybridized carbons (Fsp3) is 0.940. The summed E-state index contributed by atoms with van der Waals surface area (Å²) in [5.74, 6) is 4.89. The van der Waals surface area contributed by atoms with Crippen LogP contribution in [-0.4, -0.2) is 372 Å². The highest BCUT2D eigenvalue weighted by Gasteiger charge is 2.59. The molecule has 2 amide bonds. The molecule has 32 heteroatoms. The molecule has 3 saturated carbocycles. The maximum Gasteiger partial charge on any atom is 0.308 e. The number of carbonyl (C=O) groups excluding carboxylic acids is 3. The van der Waals surface area contributed by atoms with Crippen molar-refractivity contribution in [2.45, 2.75) is 124 Å². The summed E-state index contributed by atoms with van der Waals surface area (Å²) in [5.41, 5.74) is 7.57. The highest BCUT2D eigenvalue weighted by atomic mass is 32.2. The molecule has 0 heterocycles. The number of carbonyl (C=O) groups is 3. The summed E-state index contributed by atoms with van der Waals surface area (Å²) in [6, 6.07) is -0.457. The van der Waals surface area contributed by atoms with E-state index in [-0.39, 0.29) is 35.6 Å². The van der Waals surface area contributed by atoms with Crippen LogP contribution in [0.4, 0.5) is 0 Å². The van der Waals surface area contributed by atoms with Gasteiger partial charge in [0.1, 0.15) is 6.10 Å². The molecule has 116 heavy (non-hydrogen) atoms. The van der Waals surface area contributed by atoms with Crippen LogP contribution < -0.4 is 16.4 Å². The van der Waals surface area contributed by atoms with Gasteiger partial charge < -0.3 is 135 Å². The SMILES string of the molecule is CN[C@@H](CSCC(=O)NCCOCCOCCOCCOCCOCCOCCOCCOCCOCCOCCOCCOCCOCCOCCOCCOCCOCCOCCOCCOCCOCCOCCOCCOCCC(=O)O[C@H]1CC[C@@]2(C)C(=CCC3C2CC[C@@]2(C)C3CC[C@@H]2[C@H](C)CCCC(C)C)C1)C(N)=O. The minimum absolute atomic E-state index is 0.0253. The summed E-state index contributed by atoms with van der Waals surface area (Å²) >= 11 is 1.34. The molecular formula is C84H157N3O28S. The maximum absolute atomic E-state index is 12.9. The van der Waals surface area contributed by atoms with E-state index in [2.05, 4.69) is 51.3 Å². The van der Waals surface area contributed by atoms with Gasteiger partial charge in [-0.1, -0.05) is 65.5 Å². The van der Waals surface area contributed by atoms with Crippen LogP contribution >= 0.6 is 11.8 Å². The van der Waals surface area contributed by atoms with Crippen molar-refractivity contribution in [1.82, 2.24) is 10.6 Å². The summed E-state index contributed by atoms with van der Waals surface area (Å²) in [6.45, 7) is 35.1. The van der Waals surface area contributed by atoms with Crippen LogP contribution in [0.1, 0.15) is 112 Å². The van der Waals surface area contributed by atoms with Gasteiger partial charge in [0.05, 0.1) is 335 Å². The zero-order chi connectivity index (χ0) is 83.0. The van der Waals surface area contributed by atoms with Crippen molar-refractivity contribution in [3.8, 4) is 0 Å². The van der Waals surface area contributed by atoms with Gasteiger partial charge in [-0.2, -0.15) is 0 Å².